The van der Waals surface area contributed by atoms with Crippen LogP contribution < -0.4 is 10.2 Å². The van der Waals surface area contributed by atoms with Gasteiger partial charge < -0.3 is 10.2 Å². The van der Waals surface area contributed by atoms with Gasteiger partial charge in [-0.05, 0) is 42.3 Å². The fourth-order valence-corrected chi connectivity index (χ4v) is 5.53. The molecule has 1 fully saturated rings. The van der Waals surface area contributed by atoms with Crippen LogP contribution in [-0.2, 0) is 27.8 Å². The van der Waals surface area contributed by atoms with Gasteiger partial charge in [-0.15, -0.1) is 0 Å². The van der Waals surface area contributed by atoms with Gasteiger partial charge in [0.2, 0.25) is 15.9 Å². The minimum Gasteiger partial charge on any atom is -0.329 e. The third kappa shape index (κ3) is 4.07. The van der Waals surface area contributed by atoms with Crippen molar-refractivity contribution in [3.8, 4) is 0 Å². The molecule has 0 spiro atoms. The normalized spacial score (nSPS) is 18.5. The lowest BCUT2D eigenvalue weighted by Gasteiger charge is -2.31. The van der Waals surface area contributed by atoms with E-state index in [1.54, 1.807) is 22.5 Å². The molecule has 2 aromatic carbocycles. The molecule has 2 N–H and O–H groups in total. The van der Waals surface area contributed by atoms with Crippen molar-refractivity contribution in [3.05, 3.63) is 58.6 Å². The van der Waals surface area contributed by atoms with Crippen LogP contribution in [0, 0.1) is 0 Å². The van der Waals surface area contributed by atoms with E-state index in [-0.39, 0.29) is 5.91 Å². The largest absolute Gasteiger partial charge is 0.329 e. The molecule has 2 heterocycles. The number of piperazine rings is 1. The van der Waals surface area contributed by atoms with Crippen LogP contribution in [-0.4, -0.2) is 44.8 Å². The lowest BCUT2D eigenvalue weighted by atomic mass is 10.0. The summed E-state index contributed by atoms with van der Waals surface area (Å²) >= 11 is 6.05. The maximum Gasteiger partial charge on any atom is 0.243 e. The van der Waals surface area contributed by atoms with Gasteiger partial charge in [0.05, 0.1) is 31.1 Å². The predicted molar refractivity (Wildman–Crippen MR) is 108 cm³/mol. The van der Waals surface area contributed by atoms with Gasteiger partial charge in [-0.1, -0.05) is 23.7 Å². The Labute approximate surface area is 170 Å². The third-order valence-corrected chi connectivity index (χ3v) is 7.51. The second kappa shape index (κ2) is 7.83. The first kappa shape index (κ1) is 19.4. The molecule has 2 aromatic rings. The van der Waals surface area contributed by atoms with E-state index in [1.807, 2.05) is 24.3 Å². The minimum atomic E-state index is -3.53. The number of nitrogens with zero attached hydrogens (tertiary/aromatic N) is 1. The van der Waals surface area contributed by atoms with Gasteiger partial charge in [-0.2, -0.15) is 4.31 Å². The third-order valence-electron chi connectivity index (χ3n) is 5.38. The Kier molecular flexibility index (Phi) is 5.42. The highest BCUT2D eigenvalue weighted by molar-refractivity contribution is 7.89. The van der Waals surface area contributed by atoms with Crippen LogP contribution in [0.3, 0.4) is 0 Å². The minimum absolute atomic E-state index is 0.0260. The standard InChI is InChI=1S/C20H22ClN3O3S/c21-17-3-1-2-15(12-17)14-23-8-10-24(11-9-23)28(26,27)18-5-6-19-16(13-18)4-7-20(25)22-19/h1-3,5-6,12-13H,4,7-11,14H2,(H,22,25)/p+1. The second-order valence-corrected chi connectivity index (χ2v) is 9.70. The second-order valence-electron chi connectivity index (χ2n) is 7.33. The highest BCUT2D eigenvalue weighted by atomic mass is 35.5. The molecule has 28 heavy (non-hydrogen) atoms. The predicted octanol–water partition coefficient (Wildman–Crippen LogP) is 1.31. The van der Waals surface area contributed by atoms with Crippen molar-refractivity contribution in [1.29, 1.82) is 0 Å². The van der Waals surface area contributed by atoms with E-state index >= 15 is 0 Å². The van der Waals surface area contributed by atoms with Crippen LogP contribution in [0.4, 0.5) is 5.69 Å². The summed E-state index contributed by atoms with van der Waals surface area (Å²) in [7, 11) is -3.53. The molecule has 148 valence electrons. The van der Waals surface area contributed by atoms with Crippen molar-refractivity contribution in [2.24, 2.45) is 0 Å². The zero-order valence-electron chi connectivity index (χ0n) is 15.4. The van der Waals surface area contributed by atoms with E-state index in [9.17, 15) is 13.2 Å². The summed E-state index contributed by atoms with van der Waals surface area (Å²) in [4.78, 5) is 13.1. The van der Waals surface area contributed by atoms with E-state index in [1.165, 1.54) is 4.90 Å². The maximum absolute atomic E-state index is 13.1. The number of benzene rings is 2. The molecule has 0 bridgehead atoms. The number of carbonyl (C=O) groups excluding carboxylic acids is 1. The number of sulfonamides is 1. The molecule has 0 unspecified atom stereocenters. The number of quaternary nitrogens is 1. The van der Waals surface area contributed by atoms with Crippen LogP contribution in [0.1, 0.15) is 17.5 Å². The molecule has 8 heteroatoms. The average molecular weight is 421 g/mol. The molecule has 4 rings (SSSR count). The average Bonchev–Trinajstić information content (AvgIpc) is 2.68. The summed E-state index contributed by atoms with van der Waals surface area (Å²) < 4.78 is 27.7. The summed E-state index contributed by atoms with van der Waals surface area (Å²) in [5, 5.41) is 3.51. The number of fused-ring (bicyclic) bond motifs is 1. The van der Waals surface area contributed by atoms with Crippen LogP contribution >= 0.6 is 11.6 Å². The topological polar surface area (TPSA) is 70.9 Å². The van der Waals surface area contributed by atoms with Crippen molar-refractivity contribution >= 4 is 33.2 Å². The number of nitrogens with one attached hydrogen (secondary N) is 2. The van der Waals surface area contributed by atoms with Gasteiger partial charge in [-0.25, -0.2) is 8.42 Å². The van der Waals surface area contributed by atoms with E-state index in [2.05, 4.69) is 5.32 Å². The number of hydrogen-bond acceptors (Lipinski definition) is 3. The van der Waals surface area contributed by atoms with Crippen molar-refractivity contribution in [1.82, 2.24) is 4.31 Å². The summed E-state index contributed by atoms with van der Waals surface area (Å²) in [6.45, 7) is 3.34. The van der Waals surface area contributed by atoms with Crippen LogP contribution in [0.2, 0.25) is 5.02 Å². The molecule has 0 atom stereocenters. The monoisotopic (exact) mass is 420 g/mol. The first-order valence-electron chi connectivity index (χ1n) is 9.43. The number of rotatable bonds is 4. The van der Waals surface area contributed by atoms with Crippen molar-refractivity contribution in [3.63, 3.8) is 0 Å². The Morgan fingerprint density at radius 3 is 2.61 bits per heavy atom. The molecular weight excluding hydrogens is 398 g/mol. The first-order chi connectivity index (χ1) is 13.4. The number of aryl methyl sites for hydroxylation is 1. The SMILES string of the molecule is O=C1CCc2cc(S(=O)(=O)N3CC[NH+](Cc4cccc(Cl)c4)CC3)ccc2N1. The smallest absolute Gasteiger partial charge is 0.243 e. The zero-order chi connectivity index (χ0) is 19.7. The van der Waals surface area contributed by atoms with Crippen LogP contribution in [0.25, 0.3) is 0 Å². The van der Waals surface area contributed by atoms with Gasteiger partial charge in [-0.3, -0.25) is 4.79 Å². The van der Waals surface area contributed by atoms with Crippen molar-refractivity contribution in [2.45, 2.75) is 24.3 Å². The summed E-state index contributed by atoms with van der Waals surface area (Å²) in [5.41, 5.74) is 2.76. The molecule has 1 amide bonds. The molecule has 2 aliphatic rings. The molecule has 6 nitrogen and oxygen atoms in total. The first-order valence-corrected chi connectivity index (χ1v) is 11.2. The van der Waals surface area contributed by atoms with Gasteiger partial charge in [0.1, 0.15) is 6.54 Å². The molecule has 0 aliphatic carbocycles. The molecule has 0 aromatic heterocycles. The van der Waals surface area contributed by atoms with E-state index < -0.39 is 10.0 Å². The molecular formula is C20H23ClN3O3S+. The van der Waals surface area contributed by atoms with Gasteiger partial charge in [0.25, 0.3) is 0 Å². The lowest BCUT2D eigenvalue weighted by Crippen LogP contribution is -3.13. The number of carbonyl (C=O) groups is 1. The van der Waals surface area contributed by atoms with Crippen LogP contribution in [0.15, 0.2) is 47.4 Å². The fraction of sp³-hybridized carbons (Fsp3) is 0.350. The summed E-state index contributed by atoms with van der Waals surface area (Å²) in [6.07, 6.45) is 0.962. The number of amides is 1. The summed E-state index contributed by atoms with van der Waals surface area (Å²) in [5.74, 6) is -0.0260. The van der Waals surface area contributed by atoms with Gasteiger partial charge in [0, 0.05) is 22.7 Å². The number of halogens is 1. The van der Waals surface area contributed by atoms with Gasteiger partial charge >= 0.3 is 0 Å². The fourth-order valence-electron chi connectivity index (χ4n) is 3.82. The Bertz CT molecular complexity index is 1000. The quantitative estimate of drug-likeness (QED) is 0.783. The number of hydrogen-bond donors (Lipinski definition) is 2. The molecule has 0 radical (unpaired) electrons. The molecule has 0 saturated carbocycles. The highest BCUT2D eigenvalue weighted by Gasteiger charge is 2.31. The summed E-state index contributed by atoms with van der Waals surface area (Å²) in [6, 6.07) is 12.8. The molecule has 2 aliphatic heterocycles. The highest BCUT2D eigenvalue weighted by Crippen LogP contribution is 2.27. The zero-order valence-corrected chi connectivity index (χ0v) is 17.0. The Hall–Kier alpha value is -1.93. The van der Waals surface area contributed by atoms with E-state index in [0.29, 0.717) is 36.5 Å². The number of anilines is 1. The maximum atomic E-state index is 13.1. The van der Waals surface area contributed by atoms with E-state index in [4.69, 9.17) is 11.6 Å². The van der Waals surface area contributed by atoms with Crippen molar-refractivity contribution < 1.29 is 18.1 Å². The van der Waals surface area contributed by atoms with Gasteiger partial charge in [0.15, 0.2) is 0 Å². The Morgan fingerprint density at radius 1 is 1.07 bits per heavy atom. The molecule has 1 saturated heterocycles. The van der Waals surface area contributed by atoms with E-state index in [0.717, 1.165) is 35.8 Å². The lowest BCUT2D eigenvalue weighted by molar-refractivity contribution is -0.917. The Balaban J connectivity index is 1.43. The van der Waals surface area contributed by atoms with Crippen molar-refractivity contribution in [2.75, 3.05) is 31.5 Å². The Morgan fingerprint density at radius 2 is 1.86 bits per heavy atom. The van der Waals surface area contributed by atoms with Crippen LogP contribution in [0.5, 0.6) is 0 Å².